The van der Waals surface area contributed by atoms with Crippen molar-refractivity contribution in [2.24, 2.45) is 0 Å². The molecule has 0 saturated carbocycles. The van der Waals surface area contributed by atoms with Crippen LogP contribution in [0.5, 0.6) is 0 Å². The standard InChI is InChI=1S/C17H17Cl2F2N5/c1-25(2)6-4-3-5-10-7-11(20)13(12(21)8-10)14-15(18)24-17-22-9-23-26(17)16(14)19/h7-9H,3-6H2,1-2H3. The van der Waals surface area contributed by atoms with Gasteiger partial charge in [-0.3, -0.25) is 0 Å². The largest absolute Gasteiger partial charge is 0.309 e. The third-order valence-corrected chi connectivity index (χ3v) is 4.62. The van der Waals surface area contributed by atoms with E-state index < -0.39 is 11.6 Å². The molecule has 26 heavy (non-hydrogen) atoms. The summed E-state index contributed by atoms with van der Waals surface area (Å²) in [6.07, 6.45) is 3.61. The van der Waals surface area contributed by atoms with Crippen molar-refractivity contribution in [3.8, 4) is 11.1 Å². The lowest BCUT2D eigenvalue weighted by Crippen LogP contribution is -2.12. The maximum absolute atomic E-state index is 14.7. The first-order chi connectivity index (χ1) is 12.4. The first-order valence-electron chi connectivity index (χ1n) is 8.06. The number of benzene rings is 1. The number of halogens is 4. The molecule has 0 spiro atoms. The fourth-order valence-electron chi connectivity index (χ4n) is 2.76. The van der Waals surface area contributed by atoms with Crippen LogP contribution in [-0.2, 0) is 6.42 Å². The van der Waals surface area contributed by atoms with E-state index in [4.69, 9.17) is 23.2 Å². The normalized spacial score (nSPS) is 11.7. The van der Waals surface area contributed by atoms with E-state index in [2.05, 4.69) is 20.0 Å². The Balaban J connectivity index is 1.94. The summed E-state index contributed by atoms with van der Waals surface area (Å²) in [4.78, 5) is 9.93. The summed E-state index contributed by atoms with van der Waals surface area (Å²) in [5, 5.41) is 3.71. The van der Waals surface area contributed by atoms with Crippen molar-refractivity contribution >= 4 is 29.0 Å². The molecule has 0 bridgehead atoms. The van der Waals surface area contributed by atoms with Crippen molar-refractivity contribution in [3.63, 3.8) is 0 Å². The highest BCUT2D eigenvalue weighted by Gasteiger charge is 2.22. The molecule has 0 aliphatic heterocycles. The van der Waals surface area contributed by atoms with Crippen LogP contribution in [0.4, 0.5) is 8.78 Å². The molecule has 0 radical (unpaired) electrons. The van der Waals surface area contributed by atoms with E-state index in [1.54, 1.807) is 0 Å². The predicted octanol–water partition coefficient (Wildman–Crippen LogP) is 4.26. The Morgan fingerprint density at radius 2 is 1.77 bits per heavy atom. The van der Waals surface area contributed by atoms with E-state index in [0.717, 1.165) is 19.4 Å². The Hall–Kier alpha value is -1.83. The molecule has 0 unspecified atom stereocenters. The molecule has 0 atom stereocenters. The Bertz CT molecular complexity index is 919. The zero-order valence-electron chi connectivity index (χ0n) is 14.3. The van der Waals surface area contributed by atoms with Crippen LogP contribution in [0.3, 0.4) is 0 Å². The highest BCUT2D eigenvalue weighted by atomic mass is 35.5. The summed E-state index contributed by atoms with van der Waals surface area (Å²) in [7, 11) is 3.98. The van der Waals surface area contributed by atoms with E-state index in [0.29, 0.717) is 12.0 Å². The number of aryl methyl sites for hydroxylation is 1. The number of hydrogen-bond acceptors (Lipinski definition) is 4. The van der Waals surface area contributed by atoms with Crippen LogP contribution < -0.4 is 0 Å². The fraction of sp³-hybridized carbons (Fsp3) is 0.353. The van der Waals surface area contributed by atoms with Crippen LogP contribution in [0.1, 0.15) is 18.4 Å². The quantitative estimate of drug-likeness (QED) is 0.458. The predicted molar refractivity (Wildman–Crippen MR) is 97.6 cm³/mol. The van der Waals surface area contributed by atoms with Crippen LogP contribution in [0.15, 0.2) is 18.5 Å². The van der Waals surface area contributed by atoms with E-state index in [1.807, 2.05) is 14.1 Å². The van der Waals surface area contributed by atoms with Crippen molar-refractivity contribution < 1.29 is 8.78 Å². The third kappa shape index (κ3) is 3.79. The number of rotatable bonds is 6. The Morgan fingerprint density at radius 1 is 1.08 bits per heavy atom. The summed E-state index contributed by atoms with van der Waals surface area (Å²) in [5.74, 6) is -1.32. The summed E-state index contributed by atoms with van der Waals surface area (Å²) in [6, 6.07) is 2.62. The topological polar surface area (TPSA) is 46.3 Å². The van der Waals surface area contributed by atoms with Gasteiger partial charge in [0.15, 0.2) is 0 Å². The fourth-order valence-corrected chi connectivity index (χ4v) is 3.37. The van der Waals surface area contributed by atoms with Crippen molar-refractivity contribution in [3.05, 3.63) is 46.0 Å². The first kappa shape index (κ1) is 18.9. The maximum Gasteiger partial charge on any atom is 0.255 e. The molecule has 5 nitrogen and oxygen atoms in total. The molecule has 2 aromatic heterocycles. The lowest BCUT2D eigenvalue weighted by atomic mass is 10.0. The molecule has 0 saturated heterocycles. The minimum Gasteiger partial charge on any atom is -0.309 e. The monoisotopic (exact) mass is 399 g/mol. The summed E-state index contributed by atoms with van der Waals surface area (Å²) < 4.78 is 30.5. The molecule has 0 amide bonds. The number of nitrogens with zero attached hydrogens (tertiary/aromatic N) is 5. The Labute approximate surface area is 159 Å². The molecule has 3 aromatic rings. The van der Waals surface area contributed by atoms with Gasteiger partial charge in [0, 0.05) is 0 Å². The van der Waals surface area contributed by atoms with Gasteiger partial charge >= 0.3 is 0 Å². The summed E-state index contributed by atoms with van der Waals surface area (Å²) in [5.41, 5.74) is 0.229. The van der Waals surface area contributed by atoms with E-state index in [1.165, 1.54) is 23.0 Å². The van der Waals surface area contributed by atoms with Crippen LogP contribution in [0.2, 0.25) is 10.3 Å². The third-order valence-electron chi connectivity index (χ3n) is 4.00. The van der Waals surface area contributed by atoms with Crippen LogP contribution in [-0.4, -0.2) is 45.1 Å². The molecule has 3 rings (SSSR count). The molecular weight excluding hydrogens is 383 g/mol. The molecule has 138 valence electrons. The minimum absolute atomic E-state index is 0.0412. The van der Waals surface area contributed by atoms with Crippen LogP contribution in [0.25, 0.3) is 16.9 Å². The van der Waals surface area contributed by atoms with Gasteiger partial charge in [-0.15, -0.1) is 0 Å². The van der Waals surface area contributed by atoms with Crippen molar-refractivity contribution in [2.45, 2.75) is 19.3 Å². The van der Waals surface area contributed by atoms with E-state index >= 15 is 0 Å². The molecular formula is C17H17Cl2F2N5. The van der Waals surface area contributed by atoms with Crippen molar-refractivity contribution in [1.82, 2.24) is 24.5 Å². The Kier molecular flexibility index (Phi) is 5.70. The number of aromatic nitrogens is 4. The molecule has 0 aliphatic carbocycles. The van der Waals surface area contributed by atoms with Crippen LogP contribution >= 0.6 is 23.2 Å². The minimum atomic E-state index is -0.738. The maximum atomic E-state index is 14.7. The molecule has 1 aromatic carbocycles. The van der Waals surface area contributed by atoms with Gasteiger partial charge in [-0.1, -0.05) is 23.2 Å². The van der Waals surface area contributed by atoms with Gasteiger partial charge in [-0.25, -0.2) is 8.78 Å². The van der Waals surface area contributed by atoms with Gasteiger partial charge in [-0.2, -0.15) is 19.6 Å². The van der Waals surface area contributed by atoms with Gasteiger partial charge in [0.2, 0.25) is 0 Å². The zero-order chi connectivity index (χ0) is 18.8. The highest BCUT2D eigenvalue weighted by Crippen LogP contribution is 2.37. The van der Waals surface area contributed by atoms with Crippen molar-refractivity contribution in [1.29, 1.82) is 0 Å². The molecule has 9 heteroatoms. The molecule has 2 heterocycles. The van der Waals surface area contributed by atoms with Gasteiger partial charge in [0.05, 0.1) is 11.1 Å². The smallest absolute Gasteiger partial charge is 0.255 e. The summed E-state index contributed by atoms with van der Waals surface area (Å²) in [6.45, 7) is 0.928. The summed E-state index contributed by atoms with van der Waals surface area (Å²) >= 11 is 12.3. The SMILES string of the molecule is CN(C)CCCCc1cc(F)c(-c2c(Cl)nc3ncnn3c2Cl)c(F)c1. The molecule has 0 N–H and O–H groups in total. The highest BCUT2D eigenvalue weighted by molar-refractivity contribution is 6.38. The van der Waals surface area contributed by atoms with Gasteiger partial charge < -0.3 is 4.90 Å². The lowest BCUT2D eigenvalue weighted by molar-refractivity contribution is 0.394. The van der Waals surface area contributed by atoms with E-state index in [-0.39, 0.29) is 27.2 Å². The van der Waals surface area contributed by atoms with Gasteiger partial charge in [0.1, 0.15) is 28.3 Å². The second kappa shape index (κ2) is 7.82. The number of unbranched alkanes of at least 4 members (excludes halogenated alkanes) is 1. The number of hydrogen-bond donors (Lipinski definition) is 0. The zero-order valence-corrected chi connectivity index (χ0v) is 15.8. The lowest BCUT2D eigenvalue weighted by Gasteiger charge is -2.12. The Morgan fingerprint density at radius 3 is 2.42 bits per heavy atom. The van der Waals surface area contributed by atoms with Crippen molar-refractivity contribution in [2.75, 3.05) is 20.6 Å². The second-order valence-corrected chi connectivity index (χ2v) is 6.95. The number of fused-ring (bicyclic) bond motifs is 1. The first-order valence-corrected chi connectivity index (χ1v) is 8.82. The van der Waals surface area contributed by atoms with E-state index in [9.17, 15) is 8.78 Å². The van der Waals surface area contributed by atoms with Crippen LogP contribution in [0, 0.1) is 11.6 Å². The van der Waals surface area contributed by atoms with Gasteiger partial charge in [0.25, 0.3) is 5.78 Å². The second-order valence-electron chi connectivity index (χ2n) is 6.24. The average Bonchev–Trinajstić information content (AvgIpc) is 3.02. The average molecular weight is 400 g/mol. The van der Waals surface area contributed by atoms with Gasteiger partial charge in [-0.05, 0) is 57.6 Å². The molecule has 0 aliphatic rings. The molecule has 0 fully saturated rings.